The van der Waals surface area contributed by atoms with E-state index in [0.717, 1.165) is 25.0 Å². The SMILES string of the molecule is CCC1(c2onc(N)c2-c2ccccc2F)CCCC1. The molecule has 2 aromatic rings. The van der Waals surface area contributed by atoms with Crippen molar-refractivity contribution >= 4 is 5.82 Å². The van der Waals surface area contributed by atoms with E-state index in [2.05, 4.69) is 12.1 Å². The van der Waals surface area contributed by atoms with E-state index in [1.54, 1.807) is 12.1 Å². The molecular formula is C16H19FN2O. The predicted molar refractivity (Wildman–Crippen MR) is 76.7 cm³/mol. The first-order chi connectivity index (χ1) is 9.68. The maximum atomic E-state index is 14.1. The summed E-state index contributed by atoms with van der Waals surface area (Å²) in [5.41, 5.74) is 7.04. The fourth-order valence-corrected chi connectivity index (χ4v) is 3.38. The first-order valence-electron chi connectivity index (χ1n) is 7.18. The van der Waals surface area contributed by atoms with Crippen LogP contribution in [0, 0.1) is 5.82 Å². The van der Waals surface area contributed by atoms with Gasteiger partial charge in [0.1, 0.15) is 5.82 Å². The van der Waals surface area contributed by atoms with Crippen molar-refractivity contribution in [3.8, 4) is 11.1 Å². The van der Waals surface area contributed by atoms with Crippen molar-refractivity contribution in [2.45, 2.75) is 44.4 Å². The van der Waals surface area contributed by atoms with Crippen LogP contribution in [0.25, 0.3) is 11.1 Å². The third-order valence-electron chi connectivity index (χ3n) is 4.58. The van der Waals surface area contributed by atoms with Crippen molar-refractivity contribution in [2.24, 2.45) is 0 Å². The maximum Gasteiger partial charge on any atom is 0.175 e. The zero-order valence-electron chi connectivity index (χ0n) is 11.7. The summed E-state index contributed by atoms with van der Waals surface area (Å²) in [5, 5.41) is 3.91. The number of rotatable bonds is 3. The van der Waals surface area contributed by atoms with Crippen LogP contribution < -0.4 is 5.73 Å². The van der Waals surface area contributed by atoms with Crippen LogP contribution in [0.5, 0.6) is 0 Å². The number of hydrogen-bond acceptors (Lipinski definition) is 3. The van der Waals surface area contributed by atoms with Crippen LogP contribution in [-0.2, 0) is 5.41 Å². The molecule has 4 heteroatoms. The molecule has 0 atom stereocenters. The van der Waals surface area contributed by atoms with Crippen molar-refractivity contribution < 1.29 is 8.91 Å². The fraction of sp³-hybridized carbons (Fsp3) is 0.438. The molecule has 3 nitrogen and oxygen atoms in total. The van der Waals surface area contributed by atoms with Crippen molar-refractivity contribution in [3.05, 3.63) is 35.8 Å². The van der Waals surface area contributed by atoms with Gasteiger partial charge in [-0.05, 0) is 25.3 Å². The van der Waals surface area contributed by atoms with Gasteiger partial charge in [-0.25, -0.2) is 4.39 Å². The van der Waals surface area contributed by atoms with Gasteiger partial charge >= 0.3 is 0 Å². The number of nitrogens with two attached hydrogens (primary N) is 1. The molecule has 0 radical (unpaired) electrons. The molecule has 20 heavy (non-hydrogen) atoms. The Balaban J connectivity index is 2.18. The summed E-state index contributed by atoms with van der Waals surface area (Å²) < 4.78 is 19.6. The van der Waals surface area contributed by atoms with Gasteiger partial charge in [0, 0.05) is 11.0 Å². The topological polar surface area (TPSA) is 52.0 Å². The first-order valence-corrected chi connectivity index (χ1v) is 7.18. The van der Waals surface area contributed by atoms with Crippen molar-refractivity contribution in [2.75, 3.05) is 5.73 Å². The van der Waals surface area contributed by atoms with E-state index in [-0.39, 0.29) is 17.1 Å². The van der Waals surface area contributed by atoms with Gasteiger partial charge in [0.05, 0.1) is 5.56 Å². The van der Waals surface area contributed by atoms with E-state index in [9.17, 15) is 4.39 Å². The Morgan fingerprint density at radius 3 is 2.65 bits per heavy atom. The minimum atomic E-state index is -0.284. The average molecular weight is 274 g/mol. The number of aromatic nitrogens is 1. The standard InChI is InChI=1S/C16H19FN2O/c1-2-16(9-5-6-10-16)14-13(15(18)19-20-14)11-7-3-4-8-12(11)17/h3-4,7-8H,2,5-6,9-10H2,1H3,(H2,18,19). The molecule has 2 N–H and O–H groups in total. The highest BCUT2D eigenvalue weighted by Gasteiger charge is 2.40. The number of benzene rings is 1. The minimum Gasteiger partial charge on any atom is -0.380 e. The molecule has 0 aliphatic heterocycles. The summed E-state index contributed by atoms with van der Waals surface area (Å²) in [6.07, 6.45) is 5.42. The Labute approximate surface area is 118 Å². The van der Waals surface area contributed by atoms with E-state index >= 15 is 0 Å². The molecule has 0 saturated heterocycles. The highest BCUT2D eigenvalue weighted by Crippen LogP contribution is 2.48. The largest absolute Gasteiger partial charge is 0.380 e. The summed E-state index contributed by atoms with van der Waals surface area (Å²) in [6.45, 7) is 2.15. The molecule has 1 aliphatic carbocycles. The number of nitrogens with zero attached hydrogens (tertiary/aromatic N) is 1. The quantitative estimate of drug-likeness (QED) is 0.908. The number of halogens is 1. The average Bonchev–Trinajstić information content (AvgIpc) is 3.07. The van der Waals surface area contributed by atoms with E-state index in [0.29, 0.717) is 11.1 Å². The zero-order valence-corrected chi connectivity index (χ0v) is 11.7. The molecule has 0 amide bonds. The summed E-state index contributed by atoms with van der Waals surface area (Å²) in [7, 11) is 0. The Kier molecular flexibility index (Phi) is 3.24. The van der Waals surface area contributed by atoms with Gasteiger partial charge in [-0.3, -0.25) is 0 Å². The second kappa shape index (κ2) is 4.93. The second-order valence-electron chi connectivity index (χ2n) is 5.59. The number of anilines is 1. The van der Waals surface area contributed by atoms with E-state index in [1.807, 2.05) is 6.07 Å². The van der Waals surface area contributed by atoms with Gasteiger partial charge in [-0.2, -0.15) is 0 Å². The van der Waals surface area contributed by atoms with Gasteiger partial charge in [0.25, 0.3) is 0 Å². The molecule has 1 aromatic carbocycles. The first kappa shape index (κ1) is 13.2. The highest BCUT2D eigenvalue weighted by molar-refractivity contribution is 5.77. The molecule has 1 heterocycles. The van der Waals surface area contributed by atoms with E-state index < -0.39 is 0 Å². The van der Waals surface area contributed by atoms with Gasteiger partial charge in [0.2, 0.25) is 0 Å². The monoisotopic (exact) mass is 274 g/mol. The Bertz CT molecular complexity index is 615. The van der Waals surface area contributed by atoms with Crippen molar-refractivity contribution in [1.29, 1.82) is 0 Å². The summed E-state index contributed by atoms with van der Waals surface area (Å²) in [6, 6.07) is 6.66. The molecule has 0 unspecified atom stereocenters. The highest BCUT2D eigenvalue weighted by atomic mass is 19.1. The summed E-state index contributed by atoms with van der Waals surface area (Å²) in [5.74, 6) is 0.762. The van der Waals surface area contributed by atoms with Crippen LogP contribution in [0.2, 0.25) is 0 Å². The van der Waals surface area contributed by atoms with Crippen LogP contribution in [-0.4, -0.2) is 5.16 Å². The van der Waals surface area contributed by atoms with Crippen LogP contribution in [0.1, 0.15) is 44.8 Å². The molecule has 106 valence electrons. The normalized spacial score (nSPS) is 17.5. The lowest BCUT2D eigenvalue weighted by molar-refractivity contribution is 0.284. The van der Waals surface area contributed by atoms with Crippen LogP contribution in [0.3, 0.4) is 0 Å². The second-order valence-corrected chi connectivity index (χ2v) is 5.59. The maximum absolute atomic E-state index is 14.1. The molecule has 0 spiro atoms. The smallest absolute Gasteiger partial charge is 0.175 e. The number of nitrogen functional groups attached to an aromatic ring is 1. The Morgan fingerprint density at radius 2 is 2.00 bits per heavy atom. The molecule has 1 aromatic heterocycles. The van der Waals surface area contributed by atoms with Crippen molar-refractivity contribution in [3.63, 3.8) is 0 Å². The Hall–Kier alpha value is -1.84. The summed E-state index contributed by atoms with van der Waals surface area (Å²) >= 11 is 0. The third-order valence-corrected chi connectivity index (χ3v) is 4.58. The van der Waals surface area contributed by atoms with Gasteiger partial charge in [-0.15, -0.1) is 0 Å². The van der Waals surface area contributed by atoms with Gasteiger partial charge in [-0.1, -0.05) is 43.1 Å². The molecule has 3 rings (SSSR count). The number of hydrogen-bond donors (Lipinski definition) is 1. The van der Waals surface area contributed by atoms with Crippen molar-refractivity contribution in [1.82, 2.24) is 5.16 Å². The molecule has 1 fully saturated rings. The lowest BCUT2D eigenvalue weighted by Crippen LogP contribution is -2.21. The third kappa shape index (κ3) is 1.90. The van der Waals surface area contributed by atoms with Crippen LogP contribution >= 0.6 is 0 Å². The predicted octanol–water partition coefficient (Wildman–Crippen LogP) is 4.28. The van der Waals surface area contributed by atoms with Crippen LogP contribution in [0.15, 0.2) is 28.8 Å². The molecule has 0 bridgehead atoms. The zero-order chi connectivity index (χ0) is 14.2. The van der Waals surface area contributed by atoms with E-state index in [1.165, 1.54) is 18.9 Å². The fourth-order valence-electron chi connectivity index (χ4n) is 3.38. The molecule has 1 saturated carbocycles. The van der Waals surface area contributed by atoms with Gasteiger partial charge in [0.15, 0.2) is 11.6 Å². The van der Waals surface area contributed by atoms with E-state index in [4.69, 9.17) is 10.3 Å². The lowest BCUT2D eigenvalue weighted by Gasteiger charge is -2.25. The minimum absolute atomic E-state index is 0.0394. The Morgan fingerprint density at radius 1 is 1.30 bits per heavy atom. The molecule has 1 aliphatic rings. The lowest BCUT2D eigenvalue weighted by atomic mass is 9.78. The summed E-state index contributed by atoms with van der Waals surface area (Å²) in [4.78, 5) is 0. The van der Waals surface area contributed by atoms with Gasteiger partial charge < -0.3 is 10.3 Å². The van der Waals surface area contributed by atoms with Crippen LogP contribution in [0.4, 0.5) is 10.2 Å². The molecular weight excluding hydrogens is 255 g/mol.